The van der Waals surface area contributed by atoms with Crippen molar-refractivity contribution < 1.29 is 0 Å². The van der Waals surface area contributed by atoms with Crippen molar-refractivity contribution in [1.82, 2.24) is 9.97 Å². The largest absolute Gasteiger partial charge is 0.332 e. The second-order valence-electron chi connectivity index (χ2n) is 4.52. The fourth-order valence-electron chi connectivity index (χ4n) is 2.20. The fourth-order valence-corrected chi connectivity index (χ4v) is 3.09. The number of anilines is 2. The van der Waals surface area contributed by atoms with E-state index in [2.05, 4.69) is 33.5 Å². The van der Waals surface area contributed by atoms with Gasteiger partial charge in [0.2, 0.25) is 0 Å². The zero-order chi connectivity index (χ0) is 13.4. The molecule has 0 atom stereocenters. The van der Waals surface area contributed by atoms with E-state index in [1.54, 1.807) is 11.3 Å². The molecule has 96 valence electrons. The monoisotopic (exact) mass is 277 g/mol. The molecule has 0 aliphatic rings. The van der Waals surface area contributed by atoms with Crippen LogP contribution in [0.3, 0.4) is 0 Å². The van der Waals surface area contributed by atoms with E-state index < -0.39 is 0 Å². The number of nitrogens with zero attached hydrogens (tertiary/aromatic N) is 2. The molecule has 4 aromatic rings. The molecule has 0 saturated heterocycles. The number of hydrogen-bond donors (Lipinski definition) is 1. The summed E-state index contributed by atoms with van der Waals surface area (Å²) in [4.78, 5) is 8.90. The zero-order valence-corrected chi connectivity index (χ0v) is 11.4. The molecular formula is C16H11N3S. The van der Waals surface area contributed by atoms with Gasteiger partial charge in [0, 0.05) is 17.3 Å². The van der Waals surface area contributed by atoms with Crippen LogP contribution >= 0.6 is 11.3 Å². The van der Waals surface area contributed by atoms with Gasteiger partial charge in [-0.2, -0.15) is 0 Å². The first-order valence-corrected chi connectivity index (χ1v) is 7.17. The van der Waals surface area contributed by atoms with Crippen LogP contribution in [0.5, 0.6) is 0 Å². The minimum atomic E-state index is 0.912. The van der Waals surface area contributed by atoms with Crippen molar-refractivity contribution in [2.24, 2.45) is 0 Å². The average Bonchev–Trinajstić information content (AvgIpc) is 2.89. The molecular weight excluding hydrogens is 266 g/mol. The molecule has 0 fully saturated rings. The van der Waals surface area contributed by atoms with Crippen molar-refractivity contribution in [1.29, 1.82) is 0 Å². The van der Waals surface area contributed by atoms with Crippen molar-refractivity contribution in [3.05, 3.63) is 60.8 Å². The fraction of sp³-hybridized carbons (Fsp3) is 0. The van der Waals surface area contributed by atoms with E-state index in [9.17, 15) is 0 Å². The smallest absolute Gasteiger partial charge is 0.188 e. The third-order valence-electron chi connectivity index (χ3n) is 3.15. The van der Waals surface area contributed by atoms with E-state index in [-0.39, 0.29) is 0 Å². The number of para-hydroxylation sites is 1. The highest BCUT2D eigenvalue weighted by molar-refractivity contribution is 7.22. The Hall–Kier alpha value is -2.46. The summed E-state index contributed by atoms with van der Waals surface area (Å²) < 4.78 is 1.19. The summed E-state index contributed by atoms with van der Waals surface area (Å²) in [5.74, 6) is 0. The van der Waals surface area contributed by atoms with Crippen LogP contribution in [0.25, 0.3) is 21.1 Å². The number of benzene rings is 2. The van der Waals surface area contributed by atoms with Gasteiger partial charge >= 0.3 is 0 Å². The topological polar surface area (TPSA) is 37.8 Å². The first-order chi connectivity index (χ1) is 9.88. The summed E-state index contributed by atoms with van der Waals surface area (Å²) in [5, 5.41) is 5.40. The van der Waals surface area contributed by atoms with Crippen LogP contribution in [-0.4, -0.2) is 9.97 Å². The number of thiazole rings is 1. The third kappa shape index (κ3) is 2.00. The molecule has 0 radical (unpaired) electrons. The predicted molar refractivity (Wildman–Crippen MR) is 84.6 cm³/mol. The van der Waals surface area contributed by atoms with Gasteiger partial charge in [0.1, 0.15) is 0 Å². The Bertz CT molecular complexity index is 865. The normalized spacial score (nSPS) is 11.0. The van der Waals surface area contributed by atoms with E-state index in [0.717, 1.165) is 27.2 Å². The van der Waals surface area contributed by atoms with E-state index in [1.807, 2.05) is 42.6 Å². The van der Waals surface area contributed by atoms with Crippen molar-refractivity contribution in [3.63, 3.8) is 0 Å². The van der Waals surface area contributed by atoms with Crippen molar-refractivity contribution in [3.8, 4) is 0 Å². The second kappa shape index (κ2) is 4.58. The number of nitrogens with one attached hydrogen (secondary N) is 1. The molecule has 0 spiro atoms. The van der Waals surface area contributed by atoms with Crippen LogP contribution in [0.4, 0.5) is 10.8 Å². The third-order valence-corrected chi connectivity index (χ3v) is 4.10. The first-order valence-electron chi connectivity index (χ1n) is 6.36. The Morgan fingerprint density at radius 3 is 2.80 bits per heavy atom. The summed E-state index contributed by atoms with van der Waals surface area (Å²) >= 11 is 1.66. The molecule has 0 aliphatic carbocycles. The standard InChI is InChI=1S/C16H11N3S/c1-2-6-15-14(5-1)19-16(20-15)18-12-7-8-13-11(10-12)4-3-9-17-13/h1-10H,(H,18,19). The first kappa shape index (κ1) is 11.4. The Morgan fingerprint density at radius 2 is 1.85 bits per heavy atom. The SMILES string of the molecule is c1cnc2ccc(Nc3nc4ccccc4s3)cc2c1. The van der Waals surface area contributed by atoms with Crippen LogP contribution < -0.4 is 5.32 Å². The highest BCUT2D eigenvalue weighted by atomic mass is 32.1. The van der Waals surface area contributed by atoms with Gasteiger partial charge in [0.25, 0.3) is 0 Å². The molecule has 20 heavy (non-hydrogen) atoms. The molecule has 1 N–H and O–H groups in total. The molecule has 2 aromatic heterocycles. The van der Waals surface area contributed by atoms with Gasteiger partial charge in [-0.1, -0.05) is 29.5 Å². The van der Waals surface area contributed by atoms with Crippen LogP contribution in [-0.2, 0) is 0 Å². The predicted octanol–water partition coefficient (Wildman–Crippen LogP) is 4.59. The van der Waals surface area contributed by atoms with Crippen LogP contribution in [0, 0.1) is 0 Å². The number of pyridine rings is 1. The van der Waals surface area contributed by atoms with Gasteiger partial charge in [0.15, 0.2) is 5.13 Å². The highest BCUT2D eigenvalue weighted by Crippen LogP contribution is 2.28. The number of aromatic nitrogens is 2. The van der Waals surface area contributed by atoms with Crippen molar-refractivity contribution in [2.45, 2.75) is 0 Å². The zero-order valence-electron chi connectivity index (χ0n) is 10.6. The Labute approximate surface area is 119 Å². The van der Waals surface area contributed by atoms with E-state index in [1.165, 1.54) is 4.70 Å². The van der Waals surface area contributed by atoms with Gasteiger partial charge in [-0.25, -0.2) is 4.98 Å². The summed E-state index contributed by atoms with van der Waals surface area (Å²) in [5.41, 5.74) is 3.06. The lowest BCUT2D eigenvalue weighted by atomic mass is 10.2. The molecule has 0 saturated carbocycles. The number of rotatable bonds is 2. The van der Waals surface area contributed by atoms with Gasteiger partial charge < -0.3 is 5.32 Å². The molecule has 0 aliphatic heterocycles. The quantitative estimate of drug-likeness (QED) is 0.582. The molecule has 0 bridgehead atoms. The molecule has 2 heterocycles. The van der Waals surface area contributed by atoms with E-state index >= 15 is 0 Å². The molecule has 4 rings (SSSR count). The summed E-state index contributed by atoms with van der Waals surface area (Å²) in [6, 6.07) is 18.3. The lowest BCUT2D eigenvalue weighted by Gasteiger charge is -2.03. The molecule has 0 amide bonds. The maximum Gasteiger partial charge on any atom is 0.188 e. The summed E-state index contributed by atoms with van der Waals surface area (Å²) in [7, 11) is 0. The summed E-state index contributed by atoms with van der Waals surface area (Å²) in [6.07, 6.45) is 1.81. The maximum atomic E-state index is 4.58. The molecule has 0 unspecified atom stereocenters. The van der Waals surface area contributed by atoms with E-state index in [4.69, 9.17) is 0 Å². The van der Waals surface area contributed by atoms with E-state index in [0.29, 0.717) is 0 Å². The minimum absolute atomic E-state index is 0.912. The van der Waals surface area contributed by atoms with Crippen molar-refractivity contribution in [2.75, 3.05) is 5.32 Å². The summed E-state index contributed by atoms with van der Waals surface area (Å²) in [6.45, 7) is 0. The van der Waals surface area contributed by atoms with Crippen LogP contribution in [0.15, 0.2) is 60.8 Å². The minimum Gasteiger partial charge on any atom is -0.332 e. The maximum absolute atomic E-state index is 4.58. The van der Waals surface area contributed by atoms with Crippen molar-refractivity contribution >= 4 is 43.3 Å². The van der Waals surface area contributed by atoms with Gasteiger partial charge in [0.05, 0.1) is 15.7 Å². The Balaban J connectivity index is 1.72. The molecule has 4 heteroatoms. The molecule has 2 aromatic carbocycles. The Kier molecular flexibility index (Phi) is 2.60. The lowest BCUT2D eigenvalue weighted by Crippen LogP contribution is -1.89. The second-order valence-corrected chi connectivity index (χ2v) is 5.55. The van der Waals surface area contributed by atoms with Crippen LogP contribution in [0.1, 0.15) is 0 Å². The lowest BCUT2D eigenvalue weighted by molar-refractivity contribution is 1.40. The Morgan fingerprint density at radius 1 is 0.900 bits per heavy atom. The average molecular weight is 277 g/mol. The van der Waals surface area contributed by atoms with Crippen LogP contribution in [0.2, 0.25) is 0 Å². The number of hydrogen-bond acceptors (Lipinski definition) is 4. The van der Waals surface area contributed by atoms with Gasteiger partial charge in [-0.05, 0) is 36.4 Å². The number of fused-ring (bicyclic) bond motifs is 2. The van der Waals surface area contributed by atoms with Gasteiger partial charge in [-0.3, -0.25) is 4.98 Å². The van der Waals surface area contributed by atoms with Gasteiger partial charge in [-0.15, -0.1) is 0 Å². The highest BCUT2D eigenvalue weighted by Gasteiger charge is 2.03. The molecule has 3 nitrogen and oxygen atoms in total.